The van der Waals surface area contributed by atoms with E-state index in [0.717, 1.165) is 23.7 Å². The number of aryl methyl sites for hydroxylation is 1. The fourth-order valence-corrected chi connectivity index (χ4v) is 2.53. The summed E-state index contributed by atoms with van der Waals surface area (Å²) in [7, 11) is 0. The van der Waals surface area contributed by atoms with Crippen LogP contribution in [0.3, 0.4) is 0 Å². The molecule has 0 aliphatic rings. The minimum atomic E-state index is 0.0928. The molecular formula is C14H24N2OS. The number of rotatable bonds is 8. The van der Waals surface area contributed by atoms with Crippen LogP contribution in [-0.2, 0) is 11.2 Å². The van der Waals surface area contributed by atoms with E-state index in [2.05, 4.69) is 24.1 Å². The second-order valence-electron chi connectivity index (χ2n) is 4.76. The normalized spacial score (nSPS) is 12.4. The quantitative estimate of drug-likeness (QED) is 0.786. The predicted octanol–water partition coefficient (Wildman–Crippen LogP) is 3.33. The minimum Gasteiger partial charge on any atom is -0.355 e. The van der Waals surface area contributed by atoms with Crippen LogP contribution in [0, 0.1) is 12.8 Å². The largest absolute Gasteiger partial charge is 0.355 e. The monoisotopic (exact) mass is 268 g/mol. The zero-order chi connectivity index (χ0) is 13.4. The zero-order valence-corrected chi connectivity index (χ0v) is 12.5. The standard InChI is InChI=1S/C14H24N2OS/c1-4-6-7-12(5-2)9-15-14(17)8-13-10-18-11(3)16-13/h10,12H,4-9H2,1-3H3,(H,15,17). The minimum absolute atomic E-state index is 0.0928. The van der Waals surface area contributed by atoms with E-state index in [4.69, 9.17) is 0 Å². The molecule has 0 fully saturated rings. The number of hydrogen-bond acceptors (Lipinski definition) is 3. The molecule has 1 N–H and O–H groups in total. The van der Waals surface area contributed by atoms with Crippen molar-refractivity contribution in [2.24, 2.45) is 5.92 Å². The van der Waals surface area contributed by atoms with Crippen LogP contribution in [0.5, 0.6) is 0 Å². The number of nitrogens with one attached hydrogen (secondary N) is 1. The molecule has 1 heterocycles. The second kappa shape index (κ2) is 8.25. The Hall–Kier alpha value is -0.900. The Morgan fingerprint density at radius 1 is 1.50 bits per heavy atom. The molecule has 1 rings (SSSR count). The highest BCUT2D eigenvalue weighted by atomic mass is 32.1. The fourth-order valence-electron chi connectivity index (χ4n) is 1.92. The third-order valence-corrected chi connectivity index (χ3v) is 3.96. The van der Waals surface area contributed by atoms with E-state index in [1.54, 1.807) is 11.3 Å². The summed E-state index contributed by atoms with van der Waals surface area (Å²) in [5.41, 5.74) is 0.886. The summed E-state index contributed by atoms with van der Waals surface area (Å²) < 4.78 is 0. The van der Waals surface area contributed by atoms with Gasteiger partial charge in [-0.1, -0.05) is 33.1 Å². The summed E-state index contributed by atoms with van der Waals surface area (Å²) in [6, 6.07) is 0. The highest BCUT2D eigenvalue weighted by Crippen LogP contribution is 2.12. The lowest BCUT2D eigenvalue weighted by atomic mass is 9.99. The Bertz CT molecular complexity index is 362. The summed E-state index contributed by atoms with van der Waals surface area (Å²) in [4.78, 5) is 16.1. The molecule has 1 unspecified atom stereocenters. The summed E-state index contributed by atoms with van der Waals surface area (Å²) in [5.74, 6) is 0.710. The van der Waals surface area contributed by atoms with Crippen molar-refractivity contribution in [3.63, 3.8) is 0 Å². The number of nitrogens with zero attached hydrogens (tertiary/aromatic N) is 1. The maximum atomic E-state index is 11.8. The van der Waals surface area contributed by atoms with Crippen molar-refractivity contribution in [3.8, 4) is 0 Å². The zero-order valence-electron chi connectivity index (χ0n) is 11.7. The average Bonchev–Trinajstić information content (AvgIpc) is 2.75. The van der Waals surface area contributed by atoms with Crippen molar-refractivity contribution in [1.29, 1.82) is 0 Å². The first-order valence-corrected chi connectivity index (χ1v) is 7.71. The molecule has 0 saturated heterocycles. The van der Waals surface area contributed by atoms with Crippen molar-refractivity contribution >= 4 is 17.2 Å². The highest BCUT2D eigenvalue weighted by Gasteiger charge is 2.10. The Labute approximate surface area is 114 Å². The molecule has 0 spiro atoms. The fraction of sp³-hybridized carbons (Fsp3) is 0.714. The van der Waals surface area contributed by atoms with Gasteiger partial charge in [-0.3, -0.25) is 4.79 Å². The molecule has 1 aromatic heterocycles. The molecular weight excluding hydrogens is 244 g/mol. The van der Waals surface area contributed by atoms with Gasteiger partial charge in [0.15, 0.2) is 0 Å². The molecule has 3 nitrogen and oxygen atoms in total. The van der Waals surface area contributed by atoms with Gasteiger partial charge in [0.1, 0.15) is 0 Å². The van der Waals surface area contributed by atoms with Gasteiger partial charge in [0.2, 0.25) is 5.91 Å². The molecule has 0 aromatic carbocycles. The smallest absolute Gasteiger partial charge is 0.226 e. The van der Waals surface area contributed by atoms with Gasteiger partial charge in [0.05, 0.1) is 17.1 Å². The molecule has 0 aliphatic heterocycles. The predicted molar refractivity (Wildman–Crippen MR) is 76.9 cm³/mol. The van der Waals surface area contributed by atoms with E-state index in [9.17, 15) is 4.79 Å². The lowest BCUT2D eigenvalue weighted by Gasteiger charge is -2.14. The summed E-state index contributed by atoms with van der Waals surface area (Å²) in [5, 5.41) is 6.01. The van der Waals surface area contributed by atoms with Crippen LogP contribution >= 0.6 is 11.3 Å². The molecule has 18 heavy (non-hydrogen) atoms. The van der Waals surface area contributed by atoms with Crippen LogP contribution in [0.25, 0.3) is 0 Å². The van der Waals surface area contributed by atoms with Gasteiger partial charge in [-0.15, -0.1) is 11.3 Å². The molecule has 1 amide bonds. The highest BCUT2D eigenvalue weighted by molar-refractivity contribution is 7.09. The summed E-state index contributed by atoms with van der Waals surface area (Å²) >= 11 is 1.60. The number of carbonyl (C=O) groups is 1. The van der Waals surface area contributed by atoms with Gasteiger partial charge < -0.3 is 5.32 Å². The number of amides is 1. The molecule has 0 bridgehead atoms. The van der Waals surface area contributed by atoms with Crippen molar-refractivity contribution < 1.29 is 4.79 Å². The maximum Gasteiger partial charge on any atom is 0.226 e. The van der Waals surface area contributed by atoms with Gasteiger partial charge in [0.25, 0.3) is 0 Å². The van der Waals surface area contributed by atoms with Crippen LogP contribution in [-0.4, -0.2) is 17.4 Å². The Morgan fingerprint density at radius 3 is 2.83 bits per heavy atom. The van der Waals surface area contributed by atoms with Crippen LogP contribution in [0.2, 0.25) is 0 Å². The van der Waals surface area contributed by atoms with E-state index in [1.807, 2.05) is 12.3 Å². The van der Waals surface area contributed by atoms with Crippen molar-refractivity contribution in [1.82, 2.24) is 10.3 Å². The van der Waals surface area contributed by atoms with Crippen molar-refractivity contribution in [2.45, 2.75) is 52.9 Å². The Kier molecular flexibility index (Phi) is 6.94. The van der Waals surface area contributed by atoms with E-state index < -0.39 is 0 Å². The molecule has 4 heteroatoms. The maximum absolute atomic E-state index is 11.8. The first-order valence-electron chi connectivity index (χ1n) is 6.83. The van der Waals surface area contributed by atoms with Gasteiger partial charge in [-0.05, 0) is 19.3 Å². The van der Waals surface area contributed by atoms with Gasteiger partial charge >= 0.3 is 0 Å². The average molecular weight is 268 g/mol. The van der Waals surface area contributed by atoms with Gasteiger partial charge in [0, 0.05) is 11.9 Å². The van der Waals surface area contributed by atoms with Gasteiger partial charge in [-0.25, -0.2) is 4.98 Å². The van der Waals surface area contributed by atoms with Crippen molar-refractivity contribution in [3.05, 3.63) is 16.1 Å². The van der Waals surface area contributed by atoms with Crippen LogP contribution in [0.4, 0.5) is 0 Å². The Morgan fingerprint density at radius 2 is 2.28 bits per heavy atom. The number of carbonyl (C=O) groups excluding carboxylic acids is 1. The number of aromatic nitrogens is 1. The first kappa shape index (κ1) is 15.2. The first-order chi connectivity index (χ1) is 8.65. The van der Waals surface area contributed by atoms with Crippen LogP contribution in [0.15, 0.2) is 5.38 Å². The third kappa shape index (κ3) is 5.63. The summed E-state index contributed by atoms with van der Waals surface area (Å²) in [6.07, 6.45) is 5.23. The van der Waals surface area contributed by atoms with E-state index in [0.29, 0.717) is 12.3 Å². The molecule has 1 atom stereocenters. The van der Waals surface area contributed by atoms with E-state index in [1.165, 1.54) is 19.3 Å². The molecule has 1 aromatic rings. The second-order valence-corrected chi connectivity index (χ2v) is 5.82. The molecule has 0 radical (unpaired) electrons. The third-order valence-electron chi connectivity index (χ3n) is 3.14. The van der Waals surface area contributed by atoms with Crippen molar-refractivity contribution in [2.75, 3.05) is 6.54 Å². The van der Waals surface area contributed by atoms with Crippen LogP contribution < -0.4 is 5.32 Å². The molecule has 102 valence electrons. The SMILES string of the molecule is CCCCC(CC)CNC(=O)Cc1csc(C)n1. The summed E-state index contributed by atoms with van der Waals surface area (Å²) in [6.45, 7) is 7.16. The topological polar surface area (TPSA) is 42.0 Å². The number of hydrogen-bond donors (Lipinski definition) is 1. The molecule has 0 saturated carbocycles. The Balaban J connectivity index is 2.27. The van der Waals surface area contributed by atoms with Gasteiger partial charge in [-0.2, -0.15) is 0 Å². The number of thiazole rings is 1. The van der Waals surface area contributed by atoms with E-state index >= 15 is 0 Å². The lowest BCUT2D eigenvalue weighted by Crippen LogP contribution is -2.30. The van der Waals surface area contributed by atoms with E-state index in [-0.39, 0.29) is 5.91 Å². The number of unbranched alkanes of at least 4 members (excludes halogenated alkanes) is 1. The van der Waals surface area contributed by atoms with Crippen LogP contribution in [0.1, 0.15) is 50.2 Å². The lowest BCUT2D eigenvalue weighted by molar-refractivity contribution is -0.120. The molecule has 0 aliphatic carbocycles.